The Morgan fingerprint density at radius 2 is 1.91 bits per heavy atom. The number of pyridine rings is 1. The van der Waals surface area contributed by atoms with E-state index >= 15 is 0 Å². The minimum Gasteiger partial charge on any atom is -0.344 e. The minimum absolute atomic E-state index is 0.112. The molecule has 0 spiro atoms. The maximum Gasteiger partial charge on any atom is 0.416 e. The Morgan fingerprint density at radius 3 is 2.62 bits per heavy atom. The molecule has 34 heavy (non-hydrogen) atoms. The Kier molecular flexibility index (Phi) is 5.35. The van der Waals surface area contributed by atoms with Gasteiger partial charge in [-0.2, -0.15) is 18.3 Å². The van der Waals surface area contributed by atoms with Crippen molar-refractivity contribution in [3.8, 4) is 22.6 Å². The second-order valence-corrected chi connectivity index (χ2v) is 8.04. The van der Waals surface area contributed by atoms with Gasteiger partial charge in [-0.15, -0.1) is 0 Å². The first kappa shape index (κ1) is 21.7. The lowest BCUT2D eigenvalue weighted by atomic mass is 10.1. The molecule has 1 aliphatic carbocycles. The Hall–Kier alpha value is -4.08. The van der Waals surface area contributed by atoms with Crippen LogP contribution in [-0.4, -0.2) is 30.6 Å². The summed E-state index contributed by atoms with van der Waals surface area (Å²) in [5.74, 6) is -0.147. The van der Waals surface area contributed by atoms with E-state index < -0.39 is 17.6 Å². The lowest BCUT2D eigenvalue weighted by Gasteiger charge is -2.14. The number of benzene rings is 1. The number of aromatic nitrogens is 5. The number of nitrogens with one attached hydrogen (secondary N) is 1. The van der Waals surface area contributed by atoms with Crippen molar-refractivity contribution in [1.29, 1.82) is 0 Å². The Labute approximate surface area is 192 Å². The molecule has 0 unspecified atom stereocenters. The molecule has 1 amide bonds. The van der Waals surface area contributed by atoms with E-state index in [1.807, 2.05) is 12.1 Å². The van der Waals surface area contributed by atoms with Crippen molar-refractivity contribution in [1.82, 2.24) is 30.0 Å². The number of carbonyl (C=O) groups is 1. The summed E-state index contributed by atoms with van der Waals surface area (Å²) in [6.07, 6.45) is 2.04. The van der Waals surface area contributed by atoms with Crippen LogP contribution >= 0.6 is 0 Å². The normalized spacial score (nSPS) is 15.2. The van der Waals surface area contributed by atoms with Crippen molar-refractivity contribution >= 4 is 5.91 Å². The molecule has 5 rings (SSSR count). The quantitative estimate of drug-likeness (QED) is 0.485. The fraction of sp³-hybridized carbons (Fsp3) is 0.208. The number of carbonyl (C=O) groups excluding carboxylic acids is 1. The molecule has 0 fully saturated rings. The molecule has 0 saturated heterocycles. The predicted molar refractivity (Wildman–Crippen MR) is 117 cm³/mol. The van der Waals surface area contributed by atoms with Crippen LogP contribution in [0.5, 0.6) is 0 Å². The van der Waals surface area contributed by atoms with Crippen molar-refractivity contribution in [2.45, 2.75) is 25.1 Å². The lowest BCUT2D eigenvalue weighted by Crippen LogP contribution is -2.28. The van der Waals surface area contributed by atoms with E-state index in [9.17, 15) is 18.0 Å². The number of hydrogen-bond donors (Lipinski definition) is 1. The van der Waals surface area contributed by atoms with Crippen LogP contribution in [0.1, 0.15) is 39.8 Å². The number of alkyl halides is 3. The van der Waals surface area contributed by atoms with Gasteiger partial charge in [0.25, 0.3) is 5.91 Å². The summed E-state index contributed by atoms with van der Waals surface area (Å²) < 4.78 is 40.5. The highest BCUT2D eigenvalue weighted by molar-refractivity contribution is 5.94. The maximum absolute atomic E-state index is 13.2. The Bertz CT molecular complexity index is 1360. The van der Waals surface area contributed by atoms with Gasteiger partial charge in [0, 0.05) is 30.7 Å². The van der Waals surface area contributed by atoms with Crippen LogP contribution in [0.2, 0.25) is 0 Å². The molecular formula is C24H19F3N6O. The van der Waals surface area contributed by atoms with Crippen LogP contribution in [0.4, 0.5) is 13.2 Å². The Morgan fingerprint density at radius 1 is 1.12 bits per heavy atom. The van der Waals surface area contributed by atoms with E-state index in [0.717, 1.165) is 36.2 Å². The summed E-state index contributed by atoms with van der Waals surface area (Å²) in [4.78, 5) is 26.5. The molecule has 10 heteroatoms. The van der Waals surface area contributed by atoms with Gasteiger partial charge in [-0.25, -0.2) is 9.97 Å². The monoisotopic (exact) mass is 464 g/mol. The minimum atomic E-state index is -4.44. The van der Waals surface area contributed by atoms with Gasteiger partial charge in [-0.05, 0) is 42.7 Å². The summed E-state index contributed by atoms with van der Waals surface area (Å²) >= 11 is 0. The van der Waals surface area contributed by atoms with Gasteiger partial charge >= 0.3 is 6.18 Å². The molecule has 1 atom stereocenters. The van der Waals surface area contributed by atoms with E-state index in [1.54, 1.807) is 30.3 Å². The third-order valence-corrected chi connectivity index (χ3v) is 5.71. The van der Waals surface area contributed by atoms with Gasteiger partial charge < -0.3 is 5.32 Å². The van der Waals surface area contributed by atoms with Crippen molar-refractivity contribution in [2.75, 3.05) is 0 Å². The van der Waals surface area contributed by atoms with Gasteiger partial charge in [0.1, 0.15) is 5.69 Å². The largest absolute Gasteiger partial charge is 0.416 e. The van der Waals surface area contributed by atoms with Crippen LogP contribution in [0.3, 0.4) is 0 Å². The van der Waals surface area contributed by atoms with E-state index in [0.29, 0.717) is 16.8 Å². The number of rotatable bonds is 4. The van der Waals surface area contributed by atoms with Gasteiger partial charge in [-0.3, -0.25) is 14.5 Å². The highest BCUT2D eigenvalue weighted by Gasteiger charge is 2.30. The second-order valence-electron chi connectivity index (χ2n) is 8.04. The number of aryl methyl sites for hydroxylation is 2. The molecule has 0 aliphatic heterocycles. The molecule has 3 aromatic heterocycles. The summed E-state index contributed by atoms with van der Waals surface area (Å²) in [7, 11) is 1.74. The first-order valence-electron chi connectivity index (χ1n) is 10.6. The molecular weight excluding hydrogens is 445 g/mol. The zero-order chi connectivity index (χ0) is 23.9. The third kappa shape index (κ3) is 4.26. The van der Waals surface area contributed by atoms with Crippen LogP contribution in [0.15, 0.2) is 61.1 Å². The van der Waals surface area contributed by atoms with Crippen molar-refractivity contribution in [3.63, 3.8) is 0 Å². The molecule has 0 radical (unpaired) electrons. The fourth-order valence-electron chi connectivity index (χ4n) is 4.00. The molecule has 7 nitrogen and oxygen atoms in total. The van der Waals surface area contributed by atoms with Crippen LogP contribution in [0.25, 0.3) is 22.6 Å². The summed E-state index contributed by atoms with van der Waals surface area (Å²) in [6.45, 7) is 0. The Balaban J connectivity index is 1.51. The first-order valence-corrected chi connectivity index (χ1v) is 10.6. The predicted octanol–water partition coefficient (Wildman–Crippen LogP) is 4.38. The number of nitrogens with zero attached hydrogens (tertiary/aromatic N) is 5. The highest BCUT2D eigenvalue weighted by Crippen LogP contribution is 2.32. The smallest absolute Gasteiger partial charge is 0.344 e. The molecule has 4 aromatic rings. The molecule has 1 aromatic carbocycles. The first-order chi connectivity index (χ1) is 16.3. The fourth-order valence-corrected chi connectivity index (χ4v) is 4.00. The average molecular weight is 464 g/mol. The molecule has 0 bridgehead atoms. The zero-order valence-corrected chi connectivity index (χ0v) is 18.0. The number of amides is 1. The third-order valence-electron chi connectivity index (χ3n) is 5.71. The summed E-state index contributed by atoms with van der Waals surface area (Å²) in [5.41, 5.74) is 2.63. The standard InChI is InChI=1S/C24H19F3N6O/c1-33-13-15(12-29-33)22-30-20(14-4-6-16(7-5-14)24(25,26)27)11-21(31-22)23(34)32-19-9-8-18-17(19)3-2-10-28-18/h2-7,10-13,19H,8-9H2,1H3,(H,32,34)/t19-/m0/s1. The maximum atomic E-state index is 13.2. The van der Waals surface area contributed by atoms with Crippen molar-refractivity contribution in [2.24, 2.45) is 7.05 Å². The van der Waals surface area contributed by atoms with Crippen LogP contribution in [-0.2, 0) is 19.6 Å². The van der Waals surface area contributed by atoms with Crippen LogP contribution in [0, 0.1) is 0 Å². The number of hydrogen-bond acceptors (Lipinski definition) is 5. The molecule has 1 aliphatic rings. The van der Waals surface area contributed by atoms with Crippen LogP contribution < -0.4 is 5.32 Å². The topological polar surface area (TPSA) is 85.6 Å². The second kappa shape index (κ2) is 8.36. The van der Waals surface area contributed by atoms with Gasteiger partial charge in [-0.1, -0.05) is 18.2 Å². The molecule has 3 heterocycles. The average Bonchev–Trinajstić information content (AvgIpc) is 3.45. The molecule has 0 saturated carbocycles. The van der Waals surface area contributed by atoms with Gasteiger partial charge in [0.05, 0.1) is 29.1 Å². The number of halogens is 3. The summed E-state index contributed by atoms with van der Waals surface area (Å²) in [5, 5.41) is 7.13. The van der Waals surface area contributed by atoms with E-state index in [1.165, 1.54) is 18.2 Å². The van der Waals surface area contributed by atoms with Crippen molar-refractivity contribution in [3.05, 3.63) is 83.6 Å². The SMILES string of the molecule is Cn1cc(-c2nc(C(=O)N[C@H]3CCc4ncccc43)cc(-c3ccc(C(F)(F)F)cc3)n2)cn1. The van der Waals surface area contributed by atoms with E-state index in [2.05, 4.69) is 25.4 Å². The molecule has 1 N–H and O–H groups in total. The van der Waals surface area contributed by atoms with Gasteiger partial charge in [0.15, 0.2) is 5.82 Å². The van der Waals surface area contributed by atoms with Gasteiger partial charge in [0.2, 0.25) is 0 Å². The van der Waals surface area contributed by atoms with Crippen molar-refractivity contribution < 1.29 is 18.0 Å². The number of fused-ring (bicyclic) bond motifs is 1. The van der Waals surface area contributed by atoms with E-state index in [4.69, 9.17) is 0 Å². The zero-order valence-electron chi connectivity index (χ0n) is 18.0. The summed E-state index contributed by atoms with van der Waals surface area (Å²) in [6, 6.07) is 9.70. The van der Waals surface area contributed by atoms with E-state index in [-0.39, 0.29) is 17.6 Å². The lowest BCUT2D eigenvalue weighted by molar-refractivity contribution is -0.137. The highest BCUT2D eigenvalue weighted by atomic mass is 19.4. The molecule has 172 valence electrons.